The molecule has 118 valence electrons. The third-order valence-electron chi connectivity index (χ3n) is 2.80. The van der Waals surface area contributed by atoms with Crippen LogP contribution in [0, 0.1) is 0 Å². The van der Waals surface area contributed by atoms with Crippen LogP contribution in [0.1, 0.15) is 0 Å². The van der Waals surface area contributed by atoms with Gasteiger partial charge in [-0.15, -0.1) is 13.2 Å². The zero-order valence-corrected chi connectivity index (χ0v) is 12.2. The highest BCUT2D eigenvalue weighted by Crippen LogP contribution is 2.28. The van der Waals surface area contributed by atoms with E-state index in [9.17, 15) is 21.6 Å². The van der Waals surface area contributed by atoms with Gasteiger partial charge in [0.05, 0.1) is 9.79 Å². The van der Waals surface area contributed by atoms with Crippen LogP contribution >= 0.6 is 0 Å². The van der Waals surface area contributed by atoms with Gasteiger partial charge in [0, 0.05) is 12.7 Å². The van der Waals surface area contributed by atoms with E-state index < -0.39 is 21.9 Å². The van der Waals surface area contributed by atoms with Crippen LogP contribution in [-0.4, -0.2) is 21.8 Å². The van der Waals surface area contributed by atoms with Gasteiger partial charge in [0.2, 0.25) is 9.84 Å². The molecule has 0 aliphatic heterocycles. The first-order chi connectivity index (χ1) is 10.2. The van der Waals surface area contributed by atoms with Gasteiger partial charge in [-0.3, -0.25) is 0 Å². The third kappa shape index (κ3) is 3.70. The lowest BCUT2D eigenvalue weighted by Gasteiger charge is -2.10. The highest BCUT2D eigenvalue weighted by molar-refractivity contribution is 7.91. The second-order valence-corrected chi connectivity index (χ2v) is 6.25. The number of anilines is 1. The second-order valence-electron chi connectivity index (χ2n) is 4.30. The number of hydrogen-bond donors (Lipinski definition) is 1. The number of alkyl halides is 3. The Morgan fingerprint density at radius 3 is 2.18 bits per heavy atom. The molecule has 0 atom stereocenters. The van der Waals surface area contributed by atoms with Crippen LogP contribution in [0.15, 0.2) is 58.3 Å². The maximum absolute atomic E-state index is 12.4. The lowest BCUT2D eigenvalue weighted by atomic mass is 10.3. The average Bonchev–Trinajstić information content (AvgIpc) is 2.46. The molecule has 0 aliphatic carbocycles. The summed E-state index contributed by atoms with van der Waals surface area (Å²) in [5, 5.41) is 2.84. The summed E-state index contributed by atoms with van der Waals surface area (Å²) in [4.78, 5) is -0.290. The molecule has 0 saturated heterocycles. The highest BCUT2D eigenvalue weighted by Gasteiger charge is 2.31. The molecule has 0 spiro atoms. The van der Waals surface area contributed by atoms with E-state index in [4.69, 9.17) is 0 Å². The number of sulfone groups is 1. The van der Waals surface area contributed by atoms with Crippen LogP contribution in [0.25, 0.3) is 0 Å². The number of ether oxygens (including phenoxy) is 1. The molecule has 4 nitrogen and oxygen atoms in total. The van der Waals surface area contributed by atoms with Crippen molar-refractivity contribution in [3.05, 3.63) is 48.5 Å². The van der Waals surface area contributed by atoms with Gasteiger partial charge in [-0.05, 0) is 42.5 Å². The van der Waals surface area contributed by atoms with Crippen molar-refractivity contribution in [1.29, 1.82) is 0 Å². The smallest absolute Gasteiger partial charge is 0.406 e. The fraction of sp³-hybridized carbons (Fsp3) is 0.143. The molecular formula is C14H12F3NO3S. The van der Waals surface area contributed by atoms with Crippen molar-refractivity contribution in [2.45, 2.75) is 16.2 Å². The van der Waals surface area contributed by atoms with Gasteiger partial charge in [-0.1, -0.05) is 6.07 Å². The van der Waals surface area contributed by atoms with Crippen LogP contribution in [0.2, 0.25) is 0 Å². The zero-order valence-electron chi connectivity index (χ0n) is 11.4. The summed E-state index contributed by atoms with van der Waals surface area (Å²) in [6, 6.07) is 10.1. The normalized spacial score (nSPS) is 12.0. The van der Waals surface area contributed by atoms with Crippen LogP contribution < -0.4 is 10.1 Å². The highest BCUT2D eigenvalue weighted by atomic mass is 32.2. The van der Waals surface area contributed by atoms with Crippen molar-refractivity contribution in [1.82, 2.24) is 0 Å². The lowest BCUT2D eigenvalue weighted by molar-refractivity contribution is -0.274. The van der Waals surface area contributed by atoms with Crippen LogP contribution in [0.4, 0.5) is 18.9 Å². The molecule has 0 heterocycles. The average molecular weight is 331 g/mol. The van der Waals surface area contributed by atoms with Gasteiger partial charge in [-0.25, -0.2) is 8.42 Å². The summed E-state index contributed by atoms with van der Waals surface area (Å²) in [7, 11) is -2.24. The molecule has 0 bridgehead atoms. The lowest BCUT2D eigenvalue weighted by Crippen LogP contribution is -2.17. The summed E-state index contributed by atoms with van der Waals surface area (Å²) in [6.45, 7) is 0. The van der Waals surface area contributed by atoms with Gasteiger partial charge in [0.15, 0.2) is 0 Å². The molecule has 22 heavy (non-hydrogen) atoms. The van der Waals surface area contributed by atoms with E-state index in [0.717, 1.165) is 12.1 Å². The SMILES string of the molecule is CNc1ccc(S(=O)(=O)c2cccc(OC(F)(F)F)c2)cc1. The predicted octanol–water partition coefficient (Wildman–Crippen LogP) is 3.46. The molecule has 1 N–H and O–H groups in total. The summed E-state index contributed by atoms with van der Waals surface area (Å²) >= 11 is 0. The minimum atomic E-state index is -4.88. The van der Waals surface area contributed by atoms with E-state index in [1.165, 1.54) is 24.3 Å². The summed E-state index contributed by atoms with van der Waals surface area (Å²) in [5.41, 5.74) is 0.716. The van der Waals surface area contributed by atoms with Crippen LogP contribution in [-0.2, 0) is 9.84 Å². The second kappa shape index (κ2) is 5.88. The van der Waals surface area contributed by atoms with E-state index in [2.05, 4.69) is 10.1 Å². The molecule has 0 unspecified atom stereocenters. The zero-order chi connectivity index (χ0) is 16.4. The number of halogens is 3. The van der Waals surface area contributed by atoms with E-state index in [-0.39, 0.29) is 9.79 Å². The molecule has 0 fully saturated rings. The predicted molar refractivity (Wildman–Crippen MR) is 74.6 cm³/mol. The largest absolute Gasteiger partial charge is 0.573 e. The summed E-state index contributed by atoms with van der Waals surface area (Å²) < 4.78 is 65.1. The number of benzene rings is 2. The molecule has 0 aromatic heterocycles. The molecule has 0 radical (unpaired) electrons. The Hall–Kier alpha value is -2.22. The quantitative estimate of drug-likeness (QED) is 0.932. The van der Waals surface area contributed by atoms with Crippen molar-refractivity contribution < 1.29 is 26.3 Å². The van der Waals surface area contributed by atoms with E-state index >= 15 is 0 Å². The Balaban J connectivity index is 2.38. The minimum Gasteiger partial charge on any atom is -0.406 e. The van der Waals surface area contributed by atoms with E-state index in [1.54, 1.807) is 19.2 Å². The van der Waals surface area contributed by atoms with Gasteiger partial charge in [0.1, 0.15) is 5.75 Å². The first kappa shape index (κ1) is 16.2. The van der Waals surface area contributed by atoms with Gasteiger partial charge in [-0.2, -0.15) is 0 Å². The molecule has 2 aromatic carbocycles. The first-order valence-corrected chi connectivity index (χ1v) is 7.59. The minimum absolute atomic E-state index is 0.0179. The fourth-order valence-electron chi connectivity index (χ4n) is 1.78. The fourth-order valence-corrected chi connectivity index (χ4v) is 3.07. The van der Waals surface area contributed by atoms with Crippen molar-refractivity contribution in [2.24, 2.45) is 0 Å². The molecule has 0 amide bonds. The van der Waals surface area contributed by atoms with Gasteiger partial charge < -0.3 is 10.1 Å². The Labute approximate surface area is 125 Å². The van der Waals surface area contributed by atoms with Gasteiger partial charge >= 0.3 is 6.36 Å². The molecular weight excluding hydrogens is 319 g/mol. The Bertz CT molecular complexity index is 756. The number of hydrogen-bond acceptors (Lipinski definition) is 4. The first-order valence-electron chi connectivity index (χ1n) is 6.11. The summed E-state index contributed by atoms with van der Waals surface area (Å²) in [5.74, 6) is -0.583. The number of nitrogens with one attached hydrogen (secondary N) is 1. The Morgan fingerprint density at radius 1 is 1.00 bits per heavy atom. The van der Waals surface area contributed by atoms with Crippen LogP contribution in [0.3, 0.4) is 0 Å². The van der Waals surface area contributed by atoms with E-state index in [0.29, 0.717) is 5.69 Å². The molecule has 0 aliphatic rings. The van der Waals surface area contributed by atoms with E-state index in [1.807, 2.05) is 0 Å². The molecule has 8 heteroatoms. The third-order valence-corrected chi connectivity index (χ3v) is 4.57. The van der Waals surface area contributed by atoms with Crippen molar-refractivity contribution >= 4 is 15.5 Å². The standard InChI is InChI=1S/C14H12F3NO3S/c1-18-10-5-7-12(8-6-10)22(19,20)13-4-2-3-11(9-13)21-14(15,16)17/h2-9,18H,1H3. The molecule has 2 rings (SSSR count). The summed E-state index contributed by atoms with van der Waals surface area (Å²) in [6.07, 6.45) is -4.88. The topological polar surface area (TPSA) is 55.4 Å². The molecule has 2 aromatic rings. The van der Waals surface area contributed by atoms with Gasteiger partial charge in [0.25, 0.3) is 0 Å². The maximum Gasteiger partial charge on any atom is 0.573 e. The monoisotopic (exact) mass is 331 g/mol. The van der Waals surface area contributed by atoms with Crippen molar-refractivity contribution in [3.8, 4) is 5.75 Å². The number of rotatable bonds is 4. The Morgan fingerprint density at radius 2 is 1.64 bits per heavy atom. The van der Waals surface area contributed by atoms with Crippen LogP contribution in [0.5, 0.6) is 5.75 Å². The molecule has 0 saturated carbocycles. The van der Waals surface area contributed by atoms with Crippen molar-refractivity contribution in [2.75, 3.05) is 12.4 Å². The maximum atomic E-state index is 12.4. The van der Waals surface area contributed by atoms with Crippen molar-refractivity contribution in [3.63, 3.8) is 0 Å². The Kier molecular flexibility index (Phi) is 4.32.